The predicted molar refractivity (Wildman–Crippen MR) is 74.6 cm³/mol. The minimum Gasteiger partial charge on any atom is -0.340 e. The van der Waals surface area contributed by atoms with Gasteiger partial charge in [-0.3, -0.25) is 0 Å². The van der Waals surface area contributed by atoms with E-state index in [1.54, 1.807) is 16.6 Å². The number of hydrogen-bond acceptors (Lipinski definition) is 4. The van der Waals surface area contributed by atoms with Gasteiger partial charge in [0.25, 0.3) is 5.78 Å². The summed E-state index contributed by atoms with van der Waals surface area (Å²) < 4.78 is 14.6. The number of aromatic nitrogens is 4. The topological polar surface area (TPSA) is 55.1 Å². The van der Waals surface area contributed by atoms with Crippen LogP contribution < -0.4 is 5.32 Å². The zero-order chi connectivity index (χ0) is 14.1. The lowest BCUT2D eigenvalue weighted by molar-refractivity contribution is 0.628. The third-order valence-electron chi connectivity index (χ3n) is 3.19. The second-order valence-electron chi connectivity index (χ2n) is 4.48. The minimum atomic E-state index is -0.261. The Morgan fingerprint density at radius 3 is 2.70 bits per heavy atom. The molecule has 3 rings (SSSR count). The molecule has 20 heavy (non-hydrogen) atoms. The third kappa shape index (κ3) is 2.09. The maximum absolute atomic E-state index is 13.0. The summed E-state index contributed by atoms with van der Waals surface area (Å²) in [5.41, 5.74) is 2.77. The number of rotatable bonds is 3. The van der Waals surface area contributed by atoms with Gasteiger partial charge in [0.05, 0.1) is 0 Å². The molecule has 2 heterocycles. The van der Waals surface area contributed by atoms with Gasteiger partial charge in [0.2, 0.25) is 0 Å². The molecule has 0 radical (unpaired) electrons. The van der Waals surface area contributed by atoms with E-state index >= 15 is 0 Å². The Morgan fingerprint density at radius 2 is 2.00 bits per heavy atom. The van der Waals surface area contributed by atoms with E-state index in [9.17, 15) is 4.39 Å². The molecule has 1 aromatic carbocycles. The lowest BCUT2D eigenvalue weighted by Crippen LogP contribution is -2.08. The van der Waals surface area contributed by atoms with E-state index in [1.807, 2.05) is 6.92 Å². The highest BCUT2D eigenvalue weighted by Gasteiger charge is 2.13. The molecule has 5 nitrogen and oxygen atoms in total. The first-order valence-electron chi connectivity index (χ1n) is 6.41. The molecule has 0 atom stereocenters. The first-order valence-corrected chi connectivity index (χ1v) is 6.41. The summed E-state index contributed by atoms with van der Waals surface area (Å²) in [6.07, 6.45) is 2.29. The van der Waals surface area contributed by atoms with Gasteiger partial charge in [-0.2, -0.15) is 14.6 Å². The maximum Gasteiger partial charge on any atom is 0.254 e. The zero-order valence-electron chi connectivity index (χ0n) is 11.3. The van der Waals surface area contributed by atoms with Gasteiger partial charge < -0.3 is 5.32 Å². The fourth-order valence-corrected chi connectivity index (χ4v) is 2.21. The molecule has 0 amide bonds. The van der Waals surface area contributed by atoms with Gasteiger partial charge in [0, 0.05) is 16.9 Å². The van der Waals surface area contributed by atoms with Crippen molar-refractivity contribution in [2.24, 2.45) is 0 Å². The number of aryl methyl sites for hydroxylation is 1. The van der Waals surface area contributed by atoms with Crippen molar-refractivity contribution in [3.8, 4) is 0 Å². The molecule has 0 unspecified atom stereocenters. The number of fused-ring (bicyclic) bond motifs is 1. The summed E-state index contributed by atoms with van der Waals surface area (Å²) in [4.78, 5) is 8.52. The van der Waals surface area contributed by atoms with E-state index in [4.69, 9.17) is 0 Å². The molecule has 102 valence electrons. The Bertz CT molecular complexity index is 748. The molecule has 1 N–H and O–H groups in total. The number of hydrogen-bond donors (Lipinski definition) is 1. The summed E-state index contributed by atoms with van der Waals surface area (Å²) in [6.45, 7) is 4.01. The average Bonchev–Trinajstić information content (AvgIpc) is 2.89. The lowest BCUT2D eigenvalue weighted by Gasteiger charge is -2.14. The van der Waals surface area contributed by atoms with Crippen LogP contribution >= 0.6 is 0 Å². The summed E-state index contributed by atoms with van der Waals surface area (Å²) in [6, 6.07) is 6.21. The average molecular weight is 271 g/mol. The number of nitrogens with one attached hydrogen (secondary N) is 1. The fraction of sp³-hybridized carbons (Fsp3) is 0.214. The van der Waals surface area contributed by atoms with E-state index in [-0.39, 0.29) is 5.82 Å². The molecular weight excluding hydrogens is 257 g/mol. The van der Waals surface area contributed by atoms with Crippen LogP contribution in [0.2, 0.25) is 0 Å². The van der Waals surface area contributed by atoms with Crippen LogP contribution in [-0.4, -0.2) is 19.6 Å². The molecule has 0 aliphatic heterocycles. The molecule has 6 heteroatoms. The van der Waals surface area contributed by atoms with E-state index in [0.29, 0.717) is 5.78 Å². The van der Waals surface area contributed by atoms with Crippen molar-refractivity contribution >= 4 is 17.3 Å². The Labute approximate surface area is 115 Å². The summed E-state index contributed by atoms with van der Waals surface area (Å²) >= 11 is 0. The van der Waals surface area contributed by atoms with E-state index in [0.717, 1.165) is 29.2 Å². The van der Waals surface area contributed by atoms with Gasteiger partial charge in [0.15, 0.2) is 0 Å². The van der Waals surface area contributed by atoms with E-state index in [2.05, 4.69) is 27.3 Å². The number of halogens is 1. The van der Waals surface area contributed by atoms with E-state index < -0.39 is 0 Å². The second kappa shape index (κ2) is 4.88. The number of anilines is 2. The second-order valence-corrected chi connectivity index (χ2v) is 4.48. The highest BCUT2D eigenvalue weighted by molar-refractivity contribution is 5.62. The summed E-state index contributed by atoms with van der Waals surface area (Å²) in [5.74, 6) is 1.10. The third-order valence-corrected chi connectivity index (χ3v) is 3.19. The van der Waals surface area contributed by atoms with Gasteiger partial charge in [-0.15, -0.1) is 0 Å². The molecule has 0 saturated carbocycles. The van der Waals surface area contributed by atoms with Crippen LogP contribution in [0.5, 0.6) is 0 Å². The molecule has 0 fully saturated rings. The Morgan fingerprint density at radius 1 is 1.25 bits per heavy atom. The minimum absolute atomic E-state index is 0.261. The van der Waals surface area contributed by atoms with Gasteiger partial charge >= 0.3 is 0 Å². The van der Waals surface area contributed by atoms with Crippen molar-refractivity contribution in [3.63, 3.8) is 0 Å². The molecule has 0 aliphatic carbocycles. The molecule has 0 spiro atoms. The van der Waals surface area contributed by atoms with Crippen LogP contribution in [0.3, 0.4) is 0 Å². The highest BCUT2D eigenvalue weighted by Crippen LogP contribution is 2.23. The monoisotopic (exact) mass is 271 g/mol. The molecule has 0 aliphatic rings. The van der Waals surface area contributed by atoms with Crippen LogP contribution in [0.25, 0.3) is 5.78 Å². The first-order chi connectivity index (χ1) is 9.69. The van der Waals surface area contributed by atoms with Crippen molar-refractivity contribution in [3.05, 3.63) is 47.7 Å². The van der Waals surface area contributed by atoms with Crippen LogP contribution in [-0.2, 0) is 6.42 Å². The number of benzene rings is 1. The quantitative estimate of drug-likeness (QED) is 0.795. The molecule has 3 aromatic rings. The summed E-state index contributed by atoms with van der Waals surface area (Å²) in [5, 5.41) is 7.46. The van der Waals surface area contributed by atoms with Crippen molar-refractivity contribution in [2.75, 3.05) is 5.32 Å². The standard InChI is InChI=1S/C14H14FN5/c1-3-12-9(2)18-14-16-8-17-20(14)13(12)19-11-6-4-10(15)5-7-11/h4-8,19H,3H2,1-2H3. The lowest BCUT2D eigenvalue weighted by atomic mass is 10.1. The van der Waals surface area contributed by atoms with Crippen molar-refractivity contribution in [2.45, 2.75) is 20.3 Å². The highest BCUT2D eigenvalue weighted by atomic mass is 19.1. The molecular formula is C14H14FN5. The van der Waals surface area contributed by atoms with E-state index in [1.165, 1.54) is 18.5 Å². The van der Waals surface area contributed by atoms with Crippen LogP contribution in [0.4, 0.5) is 15.9 Å². The fourth-order valence-electron chi connectivity index (χ4n) is 2.21. The summed E-state index contributed by atoms with van der Waals surface area (Å²) in [7, 11) is 0. The van der Waals surface area contributed by atoms with Gasteiger partial charge in [-0.1, -0.05) is 6.92 Å². The molecule has 0 saturated heterocycles. The normalized spacial score (nSPS) is 10.9. The largest absolute Gasteiger partial charge is 0.340 e. The smallest absolute Gasteiger partial charge is 0.254 e. The van der Waals surface area contributed by atoms with Crippen molar-refractivity contribution in [1.29, 1.82) is 0 Å². The van der Waals surface area contributed by atoms with Crippen LogP contribution in [0.1, 0.15) is 18.2 Å². The Hall–Kier alpha value is -2.50. The van der Waals surface area contributed by atoms with Crippen molar-refractivity contribution < 1.29 is 4.39 Å². The van der Waals surface area contributed by atoms with Crippen molar-refractivity contribution in [1.82, 2.24) is 19.6 Å². The molecule has 2 aromatic heterocycles. The van der Waals surface area contributed by atoms with Crippen LogP contribution in [0.15, 0.2) is 30.6 Å². The molecule has 0 bridgehead atoms. The predicted octanol–water partition coefficient (Wildman–Crippen LogP) is 2.88. The van der Waals surface area contributed by atoms with Gasteiger partial charge in [-0.05, 0) is 37.6 Å². The van der Waals surface area contributed by atoms with Crippen LogP contribution in [0, 0.1) is 12.7 Å². The van der Waals surface area contributed by atoms with Gasteiger partial charge in [-0.25, -0.2) is 9.37 Å². The first kappa shape index (κ1) is 12.5. The maximum atomic E-state index is 13.0. The zero-order valence-corrected chi connectivity index (χ0v) is 11.3. The Balaban J connectivity index is 2.13. The SMILES string of the molecule is CCc1c(C)nc2ncnn2c1Nc1ccc(F)cc1. The number of nitrogens with zero attached hydrogens (tertiary/aromatic N) is 4. The van der Waals surface area contributed by atoms with Gasteiger partial charge in [0.1, 0.15) is 18.0 Å². The Kier molecular flexibility index (Phi) is 3.06.